The third-order valence-corrected chi connectivity index (χ3v) is 4.96. The number of imidazole rings is 1. The van der Waals surface area contributed by atoms with E-state index in [-0.39, 0.29) is 5.91 Å². The van der Waals surface area contributed by atoms with Crippen molar-refractivity contribution in [2.24, 2.45) is 0 Å². The summed E-state index contributed by atoms with van der Waals surface area (Å²) in [6.45, 7) is 2.79. The minimum atomic E-state index is -0.261. The second-order valence-electron chi connectivity index (χ2n) is 7.02. The standard InChI is InChI=1S/C20H25N7O/c1-2-22-16-12-18(24-14-6-4-3-5-7-14)26-27-17(13-23-19(16)27)20(28)25-15-8-10-21-11-9-15/h8-14,22H,2-7H2,1H3,(H,24,26)(H,21,25,28). The third kappa shape index (κ3) is 3.90. The van der Waals surface area contributed by atoms with Crippen molar-refractivity contribution in [3.63, 3.8) is 0 Å². The molecule has 0 spiro atoms. The van der Waals surface area contributed by atoms with Crippen molar-refractivity contribution >= 4 is 28.7 Å². The van der Waals surface area contributed by atoms with Crippen LogP contribution in [-0.2, 0) is 0 Å². The quantitative estimate of drug-likeness (QED) is 0.606. The highest BCUT2D eigenvalue weighted by Crippen LogP contribution is 2.24. The Morgan fingerprint density at radius 2 is 2.00 bits per heavy atom. The van der Waals surface area contributed by atoms with Crippen LogP contribution in [0.1, 0.15) is 49.5 Å². The highest BCUT2D eigenvalue weighted by atomic mass is 16.2. The number of amides is 1. The molecule has 3 heterocycles. The van der Waals surface area contributed by atoms with Crippen LogP contribution in [0.3, 0.4) is 0 Å². The van der Waals surface area contributed by atoms with E-state index in [1.165, 1.54) is 19.3 Å². The first-order valence-electron chi connectivity index (χ1n) is 9.85. The van der Waals surface area contributed by atoms with Gasteiger partial charge in [-0.2, -0.15) is 0 Å². The van der Waals surface area contributed by atoms with Crippen LogP contribution in [0, 0.1) is 0 Å². The van der Waals surface area contributed by atoms with Crippen molar-refractivity contribution in [1.29, 1.82) is 0 Å². The summed E-state index contributed by atoms with van der Waals surface area (Å²) in [5.41, 5.74) is 2.56. The van der Waals surface area contributed by atoms with E-state index in [0.29, 0.717) is 23.1 Å². The molecule has 0 atom stereocenters. The topological polar surface area (TPSA) is 96.2 Å². The van der Waals surface area contributed by atoms with E-state index in [0.717, 1.165) is 30.9 Å². The van der Waals surface area contributed by atoms with Crippen LogP contribution in [0.25, 0.3) is 5.65 Å². The van der Waals surface area contributed by atoms with Gasteiger partial charge in [-0.15, -0.1) is 5.10 Å². The monoisotopic (exact) mass is 379 g/mol. The molecule has 1 aliphatic carbocycles. The number of fused-ring (bicyclic) bond motifs is 1. The van der Waals surface area contributed by atoms with Gasteiger partial charge in [0.2, 0.25) is 0 Å². The van der Waals surface area contributed by atoms with Gasteiger partial charge in [0.15, 0.2) is 11.3 Å². The fraction of sp³-hybridized carbons (Fsp3) is 0.400. The normalized spacial score (nSPS) is 14.8. The number of anilines is 3. The van der Waals surface area contributed by atoms with Gasteiger partial charge >= 0.3 is 0 Å². The molecule has 0 saturated heterocycles. The van der Waals surface area contributed by atoms with Gasteiger partial charge in [-0.05, 0) is 31.9 Å². The van der Waals surface area contributed by atoms with Crippen molar-refractivity contribution in [3.05, 3.63) is 42.5 Å². The maximum Gasteiger partial charge on any atom is 0.276 e. The fourth-order valence-electron chi connectivity index (χ4n) is 3.60. The van der Waals surface area contributed by atoms with Gasteiger partial charge < -0.3 is 16.0 Å². The van der Waals surface area contributed by atoms with Crippen LogP contribution >= 0.6 is 0 Å². The number of aromatic nitrogens is 4. The van der Waals surface area contributed by atoms with E-state index >= 15 is 0 Å². The zero-order valence-corrected chi connectivity index (χ0v) is 16.0. The van der Waals surface area contributed by atoms with Gasteiger partial charge in [0.25, 0.3) is 5.91 Å². The Morgan fingerprint density at radius 3 is 2.75 bits per heavy atom. The average Bonchev–Trinajstić information content (AvgIpc) is 3.14. The summed E-state index contributed by atoms with van der Waals surface area (Å²) < 4.78 is 1.61. The summed E-state index contributed by atoms with van der Waals surface area (Å²) in [7, 11) is 0. The second kappa shape index (κ2) is 8.24. The lowest BCUT2D eigenvalue weighted by Gasteiger charge is -2.23. The Bertz CT molecular complexity index is 948. The van der Waals surface area contributed by atoms with E-state index in [4.69, 9.17) is 0 Å². The zero-order chi connectivity index (χ0) is 19.3. The average molecular weight is 379 g/mol. The van der Waals surface area contributed by atoms with Crippen LogP contribution in [0.2, 0.25) is 0 Å². The number of carbonyl (C=O) groups excluding carboxylic acids is 1. The number of rotatable bonds is 6. The molecule has 1 saturated carbocycles. The Morgan fingerprint density at radius 1 is 1.21 bits per heavy atom. The number of hydrogen-bond donors (Lipinski definition) is 3. The summed E-state index contributed by atoms with van der Waals surface area (Å²) >= 11 is 0. The molecule has 3 N–H and O–H groups in total. The smallest absolute Gasteiger partial charge is 0.276 e. The highest BCUT2D eigenvalue weighted by Gasteiger charge is 2.19. The number of nitrogens with zero attached hydrogens (tertiary/aromatic N) is 4. The van der Waals surface area contributed by atoms with Crippen molar-refractivity contribution in [2.45, 2.75) is 45.1 Å². The van der Waals surface area contributed by atoms with Crippen molar-refractivity contribution in [2.75, 3.05) is 22.5 Å². The first-order valence-corrected chi connectivity index (χ1v) is 9.85. The zero-order valence-electron chi connectivity index (χ0n) is 16.0. The van der Waals surface area contributed by atoms with Gasteiger partial charge in [-0.25, -0.2) is 9.50 Å². The molecule has 1 amide bonds. The SMILES string of the molecule is CCNc1cc(NC2CCCCC2)nn2c(C(=O)Nc3ccncc3)cnc12. The molecule has 0 aromatic carbocycles. The molecule has 1 aliphatic rings. The molecule has 0 aliphatic heterocycles. The molecular formula is C20H25N7O. The maximum absolute atomic E-state index is 12.8. The molecule has 0 unspecified atom stereocenters. The lowest BCUT2D eigenvalue weighted by molar-refractivity contribution is 0.102. The molecular weight excluding hydrogens is 354 g/mol. The summed E-state index contributed by atoms with van der Waals surface area (Å²) in [5.74, 6) is 0.495. The second-order valence-corrected chi connectivity index (χ2v) is 7.02. The summed E-state index contributed by atoms with van der Waals surface area (Å²) in [5, 5.41) is 14.4. The first-order chi connectivity index (χ1) is 13.7. The predicted molar refractivity (Wildman–Crippen MR) is 110 cm³/mol. The van der Waals surface area contributed by atoms with Crippen molar-refractivity contribution in [1.82, 2.24) is 19.6 Å². The molecule has 8 nitrogen and oxygen atoms in total. The Hall–Kier alpha value is -3.16. The summed E-state index contributed by atoms with van der Waals surface area (Å²) in [6, 6.07) is 5.89. The molecule has 4 rings (SSSR count). The van der Waals surface area contributed by atoms with E-state index < -0.39 is 0 Å². The van der Waals surface area contributed by atoms with Crippen LogP contribution in [0.15, 0.2) is 36.8 Å². The van der Waals surface area contributed by atoms with Crippen LogP contribution in [0.5, 0.6) is 0 Å². The number of hydrogen-bond acceptors (Lipinski definition) is 6. The van der Waals surface area contributed by atoms with Crippen LogP contribution in [0.4, 0.5) is 17.2 Å². The van der Waals surface area contributed by atoms with Gasteiger partial charge in [0.1, 0.15) is 5.82 Å². The fourth-order valence-corrected chi connectivity index (χ4v) is 3.60. The van der Waals surface area contributed by atoms with Crippen LogP contribution in [-0.4, -0.2) is 38.1 Å². The maximum atomic E-state index is 12.8. The predicted octanol–water partition coefficient (Wildman–Crippen LogP) is 3.55. The van der Waals surface area contributed by atoms with E-state index in [9.17, 15) is 4.79 Å². The lowest BCUT2D eigenvalue weighted by atomic mass is 9.95. The summed E-state index contributed by atoms with van der Waals surface area (Å²) in [4.78, 5) is 21.2. The Kier molecular flexibility index (Phi) is 5.36. The first kappa shape index (κ1) is 18.2. The lowest BCUT2D eigenvalue weighted by Crippen LogP contribution is -2.24. The van der Waals surface area contributed by atoms with Crippen molar-refractivity contribution < 1.29 is 4.79 Å². The van der Waals surface area contributed by atoms with Crippen molar-refractivity contribution in [3.8, 4) is 0 Å². The number of pyridine rings is 1. The highest BCUT2D eigenvalue weighted by molar-refractivity contribution is 6.03. The molecule has 8 heteroatoms. The van der Waals surface area contributed by atoms with Gasteiger partial charge in [-0.1, -0.05) is 19.3 Å². The van der Waals surface area contributed by atoms with Gasteiger partial charge in [0.05, 0.1) is 11.9 Å². The third-order valence-electron chi connectivity index (χ3n) is 4.96. The molecule has 0 radical (unpaired) electrons. The van der Waals surface area contributed by atoms with Gasteiger partial charge in [0, 0.05) is 36.7 Å². The largest absolute Gasteiger partial charge is 0.382 e. The minimum Gasteiger partial charge on any atom is -0.382 e. The van der Waals surface area contributed by atoms with E-state index in [2.05, 4.69) is 31.0 Å². The molecule has 28 heavy (non-hydrogen) atoms. The Labute approximate surface area is 163 Å². The Balaban J connectivity index is 1.66. The summed E-state index contributed by atoms with van der Waals surface area (Å²) in [6.07, 6.45) is 10.9. The molecule has 146 valence electrons. The number of nitrogens with one attached hydrogen (secondary N) is 3. The van der Waals surface area contributed by atoms with Gasteiger partial charge in [-0.3, -0.25) is 9.78 Å². The molecule has 1 fully saturated rings. The molecule has 0 bridgehead atoms. The van der Waals surface area contributed by atoms with E-state index in [1.807, 2.05) is 13.0 Å². The number of carbonyl (C=O) groups is 1. The molecule has 3 aromatic rings. The van der Waals surface area contributed by atoms with E-state index in [1.54, 1.807) is 35.2 Å². The van der Waals surface area contributed by atoms with Crippen LogP contribution < -0.4 is 16.0 Å². The minimum absolute atomic E-state index is 0.261. The molecule has 3 aromatic heterocycles.